The molecule has 1 saturated carbocycles. The zero-order valence-electron chi connectivity index (χ0n) is 12.0. The number of nitro groups is 1. The first kappa shape index (κ1) is 18.8. The van der Waals surface area contributed by atoms with E-state index in [4.69, 9.17) is 5.73 Å². The van der Waals surface area contributed by atoms with Crippen molar-refractivity contribution in [3.8, 4) is 0 Å². The van der Waals surface area contributed by atoms with Crippen LogP contribution >= 0.6 is 12.4 Å². The smallest absolute Gasteiger partial charge is 0.289 e. The summed E-state index contributed by atoms with van der Waals surface area (Å²) in [5, 5.41) is 11.0. The average molecular weight is 350 g/mol. The van der Waals surface area contributed by atoms with E-state index >= 15 is 0 Å². The molecule has 0 bridgehead atoms. The van der Waals surface area contributed by atoms with Crippen LogP contribution in [-0.4, -0.2) is 25.9 Å². The van der Waals surface area contributed by atoms with Gasteiger partial charge in [0, 0.05) is 12.1 Å². The predicted molar refractivity (Wildman–Crippen MR) is 85.5 cm³/mol. The van der Waals surface area contributed by atoms with E-state index in [0.717, 1.165) is 19.3 Å². The van der Waals surface area contributed by atoms with Crippen molar-refractivity contribution in [1.29, 1.82) is 0 Å². The Balaban J connectivity index is 0.00000242. The quantitative estimate of drug-likeness (QED) is 0.621. The molecular formula is C13H20ClN3O4S. The van der Waals surface area contributed by atoms with E-state index in [9.17, 15) is 18.5 Å². The van der Waals surface area contributed by atoms with E-state index in [1.807, 2.05) is 0 Å². The fraction of sp³-hybridized carbons (Fsp3) is 0.538. The lowest BCUT2D eigenvalue weighted by Gasteiger charge is -2.30. The number of nitrogens with two attached hydrogens (primary N) is 1. The van der Waals surface area contributed by atoms with E-state index < -0.39 is 20.6 Å². The number of benzene rings is 1. The number of hydrogen-bond acceptors (Lipinski definition) is 5. The van der Waals surface area contributed by atoms with Gasteiger partial charge in [-0.3, -0.25) is 10.1 Å². The molecule has 0 spiro atoms. The molecule has 0 aromatic heterocycles. The molecule has 1 aromatic rings. The number of halogens is 1. The van der Waals surface area contributed by atoms with Gasteiger partial charge in [0.25, 0.3) is 5.69 Å². The fourth-order valence-electron chi connectivity index (χ4n) is 2.74. The van der Waals surface area contributed by atoms with E-state index in [-0.39, 0.29) is 29.3 Å². The van der Waals surface area contributed by atoms with Gasteiger partial charge in [-0.25, -0.2) is 13.1 Å². The van der Waals surface area contributed by atoms with E-state index in [1.165, 1.54) is 24.3 Å². The molecule has 0 aliphatic heterocycles. The minimum Gasteiger partial charge on any atom is -0.330 e. The summed E-state index contributed by atoms with van der Waals surface area (Å²) in [6, 6.07) is 5.11. The lowest BCUT2D eigenvalue weighted by atomic mass is 9.85. The Morgan fingerprint density at radius 2 is 1.91 bits per heavy atom. The van der Waals surface area contributed by atoms with Gasteiger partial charge >= 0.3 is 0 Å². The first-order valence-electron chi connectivity index (χ1n) is 6.91. The van der Waals surface area contributed by atoms with Gasteiger partial charge in [-0.05, 0) is 31.4 Å². The molecule has 1 aliphatic carbocycles. The Bertz CT molecular complexity index is 623. The number of para-hydroxylation sites is 1. The van der Waals surface area contributed by atoms with Crippen LogP contribution in [0.4, 0.5) is 5.69 Å². The van der Waals surface area contributed by atoms with Crippen LogP contribution in [0, 0.1) is 16.0 Å². The summed E-state index contributed by atoms with van der Waals surface area (Å²) in [6.07, 6.45) is 3.55. The maximum absolute atomic E-state index is 12.4. The zero-order chi connectivity index (χ0) is 15.5. The molecule has 2 unspecified atom stereocenters. The van der Waals surface area contributed by atoms with Crippen molar-refractivity contribution in [3.05, 3.63) is 34.4 Å². The molecule has 3 N–H and O–H groups in total. The summed E-state index contributed by atoms with van der Waals surface area (Å²) in [7, 11) is -3.93. The number of hydrogen-bond donors (Lipinski definition) is 2. The maximum atomic E-state index is 12.4. The fourth-order valence-corrected chi connectivity index (χ4v) is 4.25. The molecule has 0 heterocycles. The van der Waals surface area contributed by atoms with E-state index in [2.05, 4.69) is 4.72 Å². The molecular weight excluding hydrogens is 330 g/mol. The number of nitro benzene ring substituents is 1. The summed E-state index contributed by atoms with van der Waals surface area (Å²) in [6.45, 7) is 0.407. The largest absolute Gasteiger partial charge is 0.330 e. The maximum Gasteiger partial charge on any atom is 0.289 e. The topological polar surface area (TPSA) is 115 Å². The lowest BCUT2D eigenvalue weighted by Crippen LogP contribution is -2.44. The second-order valence-corrected chi connectivity index (χ2v) is 6.92. The van der Waals surface area contributed by atoms with E-state index in [1.54, 1.807) is 0 Å². The zero-order valence-corrected chi connectivity index (χ0v) is 13.6. The molecule has 0 saturated heterocycles. The number of nitrogens with zero attached hydrogens (tertiary/aromatic N) is 1. The third kappa shape index (κ3) is 4.16. The van der Waals surface area contributed by atoms with Crippen molar-refractivity contribution >= 4 is 28.1 Å². The Labute approximate surface area is 135 Å². The lowest BCUT2D eigenvalue weighted by molar-refractivity contribution is -0.387. The van der Waals surface area contributed by atoms with Crippen LogP contribution < -0.4 is 10.5 Å². The molecule has 1 fully saturated rings. The molecule has 0 amide bonds. The van der Waals surface area contributed by atoms with Crippen LogP contribution in [0.15, 0.2) is 29.2 Å². The van der Waals surface area contributed by atoms with Gasteiger partial charge in [0.05, 0.1) is 4.92 Å². The number of nitrogens with one attached hydrogen (secondary N) is 1. The van der Waals surface area contributed by atoms with Gasteiger partial charge in [0.1, 0.15) is 0 Å². The van der Waals surface area contributed by atoms with Crippen molar-refractivity contribution in [3.63, 3.8) is 0 Å². The van der Waals surface area contributed by atoms with Gasteiger partial charge in [0.2, 0.25) is 10.0 Å². The van der Waals surface area contributed by atoms with Crippen molar-refractivity contribution < 1.29 is 13.3 Å². The van der Waals surface area contributed by atoms with Gasteiger partial charge in [-0.2, -0.15) is 0 Å². The molecule has 1 aliphatic rings. The van der Waals surface area contributed by atoms with Crippen LogP contribution in [0.1, 0.15) is 25.7 Å². The van der Waals surface area contributed by atoms with Crippen LogP contribution in [-0.2, 0) is 10.0 Å². The van der Waals surface area contributed by atoms with Gasteiger partial charge < -0.3 is 5.73 Å². The van der Waals surface area contributed by atoms with Crippen molar-refractivity contribution in [1.82, 2.24) is 4.72 Å². The third-order valence-electron chi connectivity index (χ3n) is 3.87. The number of rotatable bonds is 5. The summed E-state index contributed by atoms with van der Waals surface area (Å²) >= 11 is 0. The normalized spacial score (nSPS) is 21.9. The van der Waals surface area contributed by atoms with E-state index in [0.29, 0.717) is 13.0 Å². The average Bonchev–Trinajstić information content (AvgIpc) is 2.47. The van der Waals surface area contributed by atoms with Crippen molar-refractivity contribution in [2.75, 3.05) is 6.54 Å². The molecule has 9 heteroatoms. The highest BCUT2D eigenvalue weighted by atomic mass is 35.5. The molecule has 22 heavy (non-hydrogen) atoms. The molecule has 7 nitrogen and oxygen atoms in total. The second-order valence-electron chi connectivity index (χ2n) is 5.23. The Morgan fingerprint density at radius 1 is 1.27 bits per heavy atom. The minimum absolute atomic E-state index is 0. The predicted octanol–water partition coefficient (Wildman–Crippen LogP) is 1.81. The summed E-state index contributed by atoms with van der Waals surface area (Å²) in [4.78, 5) is 9.99. The molecule has 124 valence electrons. The monoisotopic (exact) mass is 349 g/mol. The molecule has 0 radical (unpaired) electrons. The standard InChI is InChI=1S/C13H19N3O4S.ClH/c14-9-10-5-1-2-6-11(10)15-21(19,20)13-8-4-3-7-12(13)16(17)18;/h3-4,7-8,10-11,15H,1-2,5-6,9,14H2;1H. The highest BCUT2D eigenvalue weighted by molar-refractivity contribution is 7.89. The minimum atomic E-state index is -3.93. The SMILES string of the molecule is Cl.NCC1CCCCC1NS(=O)(=O)c1ccccc1[N+](=O)[O-]. The highest BCUT2D eigenvalue weighted by Gasteiger charge is 2.31. The second kappa shape index (κ2) is 7.87. The summed E-state index contributed by atoms with van der Waals surface area (Å²) < 4.78 is 27.5. The van der Waals surface area contributed by atoms with Gasteiger partial charge in [-0.15, -0.1) is 12.4 Å². The van der Waals surface area contributed by atoms with Crippen LogP contribution in [0.25, 0.3) is 0 Å². The Hall–Kier alpha value is -1.22. The van der Waals surface area contributed by atoms with Crippen molar-refractivity contribution in [2.45, 2.75) is 36.6 Å². The van der Waals surface area contributed by atoms with Crippen LogP contribution in [0.5, 0.6) is 0 Å². The first-order chi connectivity index (χ1) is 9.95. The highest BCUT2D eigenvalue weighted by Crippen LogP contribution is 2.27. The first-order valence-corrected chi connectivity index (χ1v) is 8.40. The van der Waals surface area contributed by atoms with Gasteiger partial charge in [-0.1, -0.05) is 25.0 Å². The number of sulfonamides is 1. The molecule has 2 rings (SSSR count). The molecule has 2 atom stereocenters. The third-order valence-corrected chi connectivity index (χ3v) is 5.41. The summed E-state index contributed by atoms with van der Waals surface area (Å²) in [5.74, 6) is 0.0799. The van der Waals surface area contributed by atoms with Gasteiger partial charge in [0.15, 0.2) is 4.90 Å². The molecule has 1 aromatic carbocycles. The van der Waals surface area contributed by atoms with Crippen molar-refractivity contribution in [2.24, 2.45) is 11.7 Å². The summed E-state index contributed by atoms with van der Waals surface area (Å²) in [5.41, 5.74) is 5.27. The van der Waals surface area contributed by atoms with Crippen LogP contribution in [0.2, 0.25) is 0 Å². The Morgan fingerprint density at radius 3 is 2.55 bits per heavy atom. The Kier molecular flexibility index (Phi) is 6.73. The van der Waals surface area contributed by atoms with Crippen LogP contribution in [0.3, 0.4) is 0 Å².